The van der Waals surface area contributed by atoms with E-state index in [2.05, 4.69) is 26.6 Å². The number of hydrogen-bond donors (Lipinski definition) is 2. The summed E-state index contributed by atoms with van der Waals surface area (Å²) in [5, 5.41) is 4.93. The number of carbonyl (C=O) groups excluding carboxylic acids is 2. The molecule has 0 atom stereocenters. The van der Waals surface area contributed by atoms with Crippen LogP contribution in [0.25, 0.3) is 0 Å². The van der Waals surface area contributed by atoms with Gasteiger partial charge in [-0.1, -0.05) is 15.9 Å². The maximum absolute atomic E-state index is 12.5. The van der Waals surface area contributed by atoms with E-state index >= 15 is 0 Å². The first-order valence-corrected chi connectivity index (χ1v) is 7.56. The Labute approximate surface area is 144 Å². The summed E-state index contributed by atoms with van der Waals surface area (Å²) in [6.07, 6.45) is -4.46. The van der Waals surface area contributed by atoms with Gasteiger partial charge in [0.1, 0.15) is 0 Å². The van der Waals surface area contributed by atoms with Crippen molar-refractivity contribution in [2.24, 2.45) is 0 Å². The van der Waals surface area contributed by atoms with Gasteiger partial charge in [0.25, 0.3) is 5.91 Å². The Hall–Kier alpha value is -2.35. The van der Waals surface area contributed by atoms with Gasteiger partial charge in [-0.15, -0.1) is 0 Å². The molecule has 2 aromatic carbocycles. The highest BCUT2D eigenvalue weighted by molar-refractivity contribution is 9.10. The molecular weight excluding hydrogens is 389 g/mol. The number of anilines is 1. The van der Waals surface area contributed by atoms with Gasteiger partial charge in [0, 0.05) is 15.7 Å². The second-order valence-electron chi connectivity index (χ2n) is 4.81. The number of benzene rings is 2. The van der Waals surface area contributed by atoms with Crippen molar-refractivity contribution >= 4 is 33.4 Å². The van der Waals surface area contributed by atoms with E-state index in [0.29, 0.717) is 5.69 Å². The SMILES string of the molecule is O=C(CNC(=O)c1ccc(C(F)(F)F)cc1)Nc1ccc(Br)cc1. The number of hydrogen-bond acceptors (Lipinski definition) is 2. The van der Waals surface area contributed by atoms with Crippen LogP contribution in [0.15, 0.2) is 53.0 Å². The zero-order valence-electron chi connectivity index (χ0n) is 12.2. The predicted molar refractivity (Wildman–Crippen MR) is 86.5 cm³/mol. The van der Waals surface area contributed by atoms with E-state index < -0.39 is 23.6 Å². The van der Waals surface area contributed by atoms with Crippen molar-refractivity contribution in [1.29, 1.82) is 0 Å². The van der Waals surface area contributed by atoms with Crippen LogP contribution in [0.5, 0.6) is 0 Å². The molecule has 2 N–H and O–H groups in total. The Bertz CT molecular complexity index is 728. The largest absolute Gasteiger partial charge is 0.416 e. The van der Waals surface area contributed by atoms with Gasteiger partial charge in [-0.05, 0) is 48.5 Å². The molecule has 24 heavy (non-hydrogen) atoms. The smallest absolute Gasteiger partial charge is 0.343 e. The van der Waals surface area contributed by atoms with E-state index in [-0.39, 0.29) is 12.1 Å². The van der Waals surface area contributed by atoms with Gasteiger partial charge in [-0.2, -0.15) is 13.2 Å². The molecule has 0 spiro atoms. The number of amides is 2. The van der Waals surface area contributed by atoms with Gasteiger partial charge in [-0.3, -0.25) is 9.59 Å². The van der Waals surface area contributed by atoms with Crippen molar-refractivity contribution in [2.45, 2.75) is 6.18 Å². The summed E-state index contributed by atoms with van der Waals surface area (Å²) in [5.41, 5.74) is -0.238. The average molecular weight is 401 g/mol. The standard InChI is InChI=1S/C16H12BrF3N2O2/c17-12-5-7-13(8-6-12)22-14(23)9-21-15(24)10-1-3-11(4-2-10)16(18,19)20/h1-8H,9H2,(H,21,24)(H,22,23). The first-order chi connectivity index (χ1) is 11.3. The van der Waals surface area contributed by atoms with Crippen LogP contribution in [0.1, 0.15) is 15.9 Å². The highest BCUT2D eigenvalue weighted by Crippen LogP contribution is 2.29. The molecule has 0 aromatic heterocycles. The molecule has 2 aromatic rings. The van der Waals surface area contributed by atoms with Gasteiger partial charge in [0.2, 0.25) is 5.91 Å². The van der Waals surface area contributed by atoms with Crippen molar-refractivity contribution in [3.63, 3.8) is 0 Å². The number of alkyl halides is 3. The minimum absolute atomic E-state index is 0.0411. The lowest BCUT2D eigenvalue weighted by Gasteiger charge is -2.09. The highest BCUT2D eigenvalue weighted by Gasteiger charge is 2.30. The highest BCUT2D eigenvalue weighted by atomic mass is 79.9. The third kappa shape index (κ3) is 5.09. The molecule has 126 valence electrons. The molecule has 0 radical (unpaired) electrons. The van der Waals surface area contributed by atoms with E-state index in [9.17, 15) is 22.8 Å². The van der Waals surface area contributed by atoms with Crippen LogP contribution in [0.4, 0.5) is 18.9 Å². The summed E-state index contributed by atoms with van der Waals surface area (Å²) in [6, 6.07) is 10.6. The first kappa shape index (κ1) is 18.0. The second-order valence-corrected chi connectivity index (χ2v) is 5.73. The van der Waals surface area contributed by atoms with Crippen LogP contribution in [0.2, 0.25) is 0 Å². The lowest BCUT2D eigenvalue weighted by Crippen LogP contribution is -2.32. The fourth-order valence-electron chi connectivity index (χ4n) is 1.81. The molecule has 0 aliphatic rings. The lowest BCUT2D eigenvalue weighted by atomic mass is 10.1. The van der Waals surface area contributed by atoms with E-state index in [1.807, 2.05) is 0 Å². The molecule has 0 heterocycles. The topological polar surface area (TPSA) is 58.2 Å². The Balaban J connectivity index is 1.88. The van der Waals surface area contributed by atoms with Crippen LogP contribution in [-0.2, 0) is 11.0 Å². The Morgan fingerprint density at radius 3 is 2.08 bits per heavy atom. The monoisotopic (exact) mass is 400 g/mol. The first-order valence-electron chi connectivity index (χ1n) is 6.76. The Morgan fingerprint density at radius 1 is 0.958 bits per heavy atom. The van der Waals surface area contributed by atoms with E-state index in [1.165, 1.54) is 0 Å². The molecule has 0 aliphatic carbocycles. The van der Waals surface area contributed by atoms with Gasteiger partial charge in [0.15, 0.2) is 0 Å². The fourth-order valence-corrected chi connectivity index (χ4v) is 2.08. The maximum atomic E-state index is 12.5. The van der Waals surface area contributed by atoms with Crippen LogP contribution in [0, 0.1) is 0 Å². The van der Waals surface area contributed by atoms with Crippen LogP contribution >= 0.6 is 15.9 Å². The average Bonchev–Trinajstić information content (AvgIpc) is 2.54. The molecule has 0 bridgehead atoms. The molecular formula is C16H12BrF3N2O2. The van der Waals surface area contributed by atoms with Crippen molar-refractivity contribution in [1.82, 2.24) is 5.32 Å². The van der Waals surface area contributed by atoms with Gasteiger partial charge in [-0.25, -0.2) is 0 Å². The van der Waals surface area contributed by atoms with Crippen molar-refractivity contribution in [3.8, 4) is 0 Å². The summed E-state index contributed by atoms with van der Waals surface area (Å²) >= 11 is 3.26. The molecule has 0 saturated carbocycles. The minimum Gasteiger partial charge on any atom is -0.343 e. The van der Waals surface area contributed by atoms with E-state index in [0.717, 1.165) is 28.7 Å². The summed E-state index contributed by atoms with van der Waals surface area (Å²) in [4.78, 5) is 23.6. The summed E-state index contributed by atoms with van der Waals surface area (Å²) < 4.78 is 38.2. The zero-order chi connectivity index (χ0) is 17.7. The predicted octanol–water partition coefficient (Wildman–Crippen LogP) is 3.84. The molecule has 2 amide bonds. The van der Waals surface area contributed by atoms with Gasteiger partial charge >= 0.3 is 6.18 Å². The van der Waals surface area contributed by atoms with Crippen LogP contribution < -0.4 is 10.6 Å². The van der Waals surface area contributed by atoms with Crippen molar-refractivity contribution in [2.75, 3.05) is 11.9 Å². The normalized spacial score (nSPS) is 11.0. The third-order valence-corrected chi connectivity index (χ3v) is 3.54. The quantitative estimate of drug-likeness (QED) is 0.818. The molecule has 4 nitrogen and oxygen atoms in total. The molecule has 2 rings (SSSR count). The second kappa shape index (κ2) is 7.48. The number of nitrogens with one attached hydrogen (secondary N) is 2. The van der Waals surface area contributed by atoms with E-state index in [1.54, 1.807) is 24.3 Å². The molecule has 8 heteroatoms. The lowest BCUT2D eigenvalue weighted by molar-refractivity contribution is -0.137. The summed E-state index contributed by atoms with van der Waals surface area (Å²) in [7, 11) is 0. The molecule has 0 saturated heterocycles. The van der Waals surface area contributed by atoms with Crippen LogP contribution in [0.3, 0.4) is 0 Å². The number of carbonyl (C=O) groups is 2. The zero-order valence-corrected chi connectivity index (χ0v) is 13.7. The van der Waals surface area contributed by atoms with Crippen LogP contribution in [-0.4, -0.2) is 18.4 Å². The van der Waals surface area contributed by atoms with Gasteiger partial charge in [0.05, 0.1) is 12.1 Å². The maximum Gasteiger partial charge on any atom is 0.416 e. The minimum atomic E-state index is -4.46. The number of halogens is 4. The third-order valence-electron chi connectivity index (χ3n) is 3.01. The molecule has 0 unspecified atom stereocenters. The van der Waals surface area contributed by atoms with Gasteiger partial charge < -0.3 is 10.6 Å². The molecule has 0 aliphatic heterocycles. The molecule has 0 fully saturated rings. The Kier molecular flexibility index (Phi) is 5.61. The number of rotatable bonds is 4. The fraction of sp³-hybridized carbons (Fsp3) is 0.125. The summed E-state index contributed by atoms with van der Waals surface area (Å²) in [5.74, 6) is -1.08. The van der Waals surface area contributed by atoms with Crippen molar-refractivity contribution < 1.29 is 22.8 Å². The van der Waals surface area contributed by atoms with Crippen molar-refractivity contribution in [3.05, 3.63) is 64.1 Å². The summed E-state index contributed by atoms with van der Waals surface area (Å²) in [6.45, 7) is -0.296. The van der Waals surface area contributed by atoms with E-state index in [4.69, 9.17) is 0 Å². The Morgan fingerprint density at radius 2 is 1.54 bits per heavy atom.